The minimum absolute atomic E-state index is 0.0319. The van der Waals surface area contributed by atoms with Crippen LogP contribution in [0.3, 0.4) is 0 Å². The fraction of sp³-hybridized carbons (Fsp3) is 0.500. The number of carbonyl (C=O) groups excluding carboxylic acids is 1. The van der Waals surface area contributed by atoms with Crippen molar-refractivity contribution in [2.45, 2.75) is 60.0 Å². The quantitative estimate of drug-likeness (QED) is 0.891. The summed E-state index contributed by atoms with van der Waals surface area (Å²) in [5.41, 5.74) is 5.38. The summed E-state index contributed by atoms with van der Waals surface area (Å²) in [7, 11) is 0. The maximum atomic E-state index is 12.2. The van der Waals surface area contributed by atoms with Gasteiger partial charge in [0.25, 0.3) is 0 Å². The Balaban J connectivity index is 1.95. The molecule has 2 aromatic rings. The van der Waals surface area contributed by atoms with Gasteiger partial charge in [-0.3, -0.25) is 14.5 Å². The average Bonchev–Trinajstić information content (AvgIpc) is 2.78. The highest BCUT2D eigenvalue weighted by atomic mass is 16.1. The molecule has 0 spiro atoms. The van der Waals surface area contributed by atoms with Crippen LogP contribution in [0.15, 0.2) is 18.3 Å². The highest BCUT2D eigenvalue weighted by molar-refractivity contribution is 5.76. The van der Waals surface area contributed by atoms with E-state index in [-0.39, 0.29) is 11.9 Å². The Hall–Kier alpha value is -2.17. The molecule has 2 rings (SSSR count). The number of pyridine rings is 1. The lowest BCUT2D eigenvalue weighted by Crippen LogP contribution is -2.29. The molecule has 0 fully saturated rings. The Kier molecular flexibility index (Phi) is 5.53. The largest absolute Gasteiger partial charge is 0.348 e. The van der Waals surface area contributed by atoms with E-state index in [0.717, 1.165) is 29.1 Å². The summed E-state index contributed by atoms with van der Waals surface area (Å²) in [6.45, 7) is 10.8. The number of carbonyl (C=O) groups is 1. The van der Waals surface area contributed by atoms with Gasteiger partial charge in [0.05, 0.1) is 17.4 Å². The van der Waals surface area contributed by atoms with E-state index in [1.165, 1.54) is 5.56 Å². The number of aryl methyl sites for hydroxylation is 3. The maximum Gasteiger partial charge on any atom is 0.222 e. The molecular weight excluding hydrogens is 288 g/mol. The smallest absolute Gasteiger partial charge is 0.222 e. The van der Waals surface area contributed by atoms with E-state index in [4.69, 9.17) is 0 Å². The van der Waals surface area contributed by atoms with Gasteiger partial charge >= 0.3 is 0 Å². The second-order valence-electron chi connectivity index (χ2n) is 6.06. The first-order valence-electron chi connectivity index (χ1n) is 8.14. The van der Waals surface area contributed by atoms with Crippen LogP contribution in [0.2, 0.25) is 0 Å². The third-order valence-corrected chi connectivity index (χ3v) is 4.33. The molecule has 0 aliphatic carbocycles. The molecule has 0 radical (unpaired) electrons. The molecule has 5 heteroatoms. The van der Waals surface area contributed by atoms with Gasteiger partial charge in [0.15, 0.2) is 0 Å². The molecule has 5 nitrogen and oxygen atoms in total. The van der Waals surface area contributed by atoms with E-state index in [2.05, 4.69) is 29.2 Å². The van der Waals surface area contributed by atoms with E-state index < -0.39 is 0 Å². The van der Waals surface area contributed by atoms with Gasteiger partial charge in [-0.15, -0.1) is 0 Å². The second-order valence-corrected chi connectivity index (χ2v) is 6.06. The monoisotopic (exact) mass is 314 g/mol. The van der Waals surface area contributed by atoms with E-state index in [1.54, 1.807) is 0 Å². The third kappa shape index (κ3) is 4.18. The minimum atomic E-state index is -0.0368. The summed E-state index contributed by atoms with van der Waals surface area (Å²) < 4.78 is 1.91. The molecule has 1 amide bonds. The van der Waals surface area contributed by atoms with Crippen LogP contribution in [-0.2, 0) is 11.3 Å². The van der Waals surface area contributed by atoms with Crippen molar-refractivity contribution < 1.29 is 4.79 Å². The zero-order valence-corrected chi connectivity index (χ0v) is 14.7. The Morgan fingerprint density at radius 1 is 1.26 bits per heavy atom. The van der Waals surface area contributed by atoms with Crippen LogP contribution < -0.4 is 5.32 Å². The zero-order valence-electron chi connectivity index (χ0n) is 14.7. The van der Waals surface area contributed by atoms with Crippen molar-refractivity contribution in [2.24, 2.45) is 0 Å². The van der Waals surface area contributed by atoms with Crippen LogP contribution in [0.4, 0.5) is 0 Å². The van der Waals surface area contributed by atoms with Crippen LogP contribution in [-0.4, -0.2) is 20.7 Å². The number of hydrogen-bond acceptors (Lipinski definition) is 3. The lowest BCUT2D eigenvalue weighted by atomic mass is 10.1. The topological polar surface area (TPSA) is 59.8 Å². The van der Waals surface area contributed by atoms with Crippen molar-refractivity contribution in [1.29, 1.82) is 0 Å². The van der Waals surface area contributed by atoms with Gasteiger partial charge in [-0.25, -0.2) is 0 Å². The molecule has 0 saturated heterocycles. The number of hydrogen-bond donors (Lipinski definition) is 1. The fourth-order valence-electron chi connectivity index (χ4n) is 2.55. The van der Waals surface area contributed by atoms with E-state index in [0.29, 0.717) is 13.0 Å². The molecule has 0 saturated carbocycles. The average molecular weight is 314 g/mol. The minimum Gasteiger partial charge on any atom is -0.348 e. The Morgan fingerprint density at radius 3 is 2.52 bits per heavy atom. The molecule has 2 aromatic heterocycles. The highest BCUT2D eigenvalue weighted by Crippen LogP contribution is 2.15. The molecule has 1 unspecified atom stereocenters. The lowest BCUT2D eigenvalue weighted by Gasteiger charge is -2.17. The molecule has 23 heavy (non-hydrogen) atoms. The summed E-state index contributed by atoms with van der Waals surface area (Å²) >= 11 is 0. The van der Waals surface area contributed by atoms with Crippen molar-refractivity contribution in [2.75, 3.05) is 0 Å². The van der Waals surface area contributed by atoms with Gasteiger partial charge in [-0.2, -0.15) is 5.10 Å². The van der Waals surface area contributed by atoms with E-state index in [9.17, 15) is 4.79 Å². The predicted octanol–water partition coefficient (Wildman–Crippen LogP) is 3.17. The summed E-state index contributed by atoms with van der Waals surface area (Å²) in [4.78, 5) is 16.7. The summed E-state index contributed by atoms with van der Waals surface area (Å²) in [5.74, 6) is 0.0319. The van der Waals surface area contributed by atoms with Crippen molar-refractivity contribution in [3.05, 3.63) is 46.5 Å². The summed E-state index contributed by atoms with van der Waals surface area (Å²) in [6, 6.07) is 3.97. The van der Waals surface area contributed by atoms with Crippen LogP contribution in [0.1, 0.15) is 54.0 Å². The zero-order chi connectivity index (χ0) is 17.0. The fourth-order valence-corrected chi connectivity index (χ4v) is 2.55. The molecule has 1 N–H and O–H groups in total. The Bertz CT molecular complexity index is 673. The number of aromatic nitrogens is 3. The van der Waals surface area contributed by atoms with Gasteiger partial charge in [0, 0.05) is 24.9 Å². The molecule has 0 bridgehead atoms. The van der Waals surface area contributed by atoms with Crippen LogP contribution in [0.5, 0.6) is 0 Å². The predicted molar refractivity (Wildman–Crippen MR) is 91.2 cm³/mol. The SMILES string of the molecule is CCC(NC(=O)CCn1nc(C)c(C)c1C)c1ccc(C)cn1. The number of nitrogens with zero attached hydrogens (tertiary/aromatic N) is 3. The number of rotatable bonds is 6. The molecule has 0 aliphatic rings. The number of nitrogens with one attached hydrogen (secondary N) is 1. The van der Waals surface area contributed by atoms with Crippen LogP contribution >= 0.6 is 0 Å². The first kappa shape index (κ1) is 17.2. The normalized spacial score (nSPS) is 12.2. The lowest BCUT2D eigenvalue weighted by molar-refractivity contribution is -0.122. The standard InChI is InChI=1S/C18H26N4O/c1-6-16(17-8-7-12(2)11-19-17)20-18(23)9-10-22-15(5)13(3)14(4)21-22/h7-8,11,16H,6,9-10H2,1-5H3,(H,20,23). The number of amides is 1. The molecule has 2 heterocycles. The van der Waals surface area contributed by atoms with Gasteiger partial charge in [0.2, 0.25) is 5.91 Å². The molecular formula is C18H26N4O. The van der Waals surface area contributed by atoms with Crippen molar-refractivity contribution >= 4 is 5.91 Å². The van der Waals surface area contributed by atoms with Crippen molar-refractivity contribution in [3.8, 4) is 0 Å². The van der Waals surface area contributed by atoms with Gasteiger partial charge in [-0.1, -0.05) is 13.0 Å². The highest BCUT2D eigenvalue weighted by Gasteiger charge is 2.15. The Labute approximate surface area is 138 Å². The summed E-state index contributed by atoms with van der Waals surface area (Å²) in [6.07, 6.45) is 3.08. The maximum absolute atomic E-state index is 12.2. The van der Waals surface area contributed by atoms with Gasteiger partial charge < -0.3 is 5.32 Å². The van der Waals surface area contributed by atoms with Crippen molar-refractivity contribution in [1.82, 2.24) is 20.1 Å². The van der Waals surface area contributed by atoms with Gasteiger partial charge in [-0.05, 0) is 51.3 Å². The van der Waals surface area contributed by atoms with Crippen LogP contribution in [0.25, 0.3) is 0 Å². The first-order chi connectivity index (χ1) is 10.9. The molecule has 0 aromatic carbocycles. The third-order valence-electron chi connectivity index (χ3n) is 4.33. The van der Waals surface area contributed by atoms with E-state index >= 15 is 0 Å². The van der Waals surface area contributed by atoms with Gasteiger partial charge in [0.1, 0.15) is 0 Å². The second kappa shape index (κ2) is 7.40. The van der Waals surface area contributed by atoms with Crippen molar-refractivity contribution in [3.63, 3.8) is 0 Å². The van der Waals surface area contributed by atoms with Crippen LogP contribution in [0, 0.1) is 27.7 Å². The summed E-state index contributed by atoms with van der Waals surface area (Å²) in [5, 5.41) is 7.54. The molecule has 124 valence electrons. The first-order valence-corrected chi connectivity index (χ1v) is 8.14. The molecule has 1 atom stereocenters. The Morgan fingerprint density at radius 2 is 2.00 bits per heavy atom. The molecule has 0 aliphatic heterocycles. The van der Waals surface area contributed by atoms with E-state index in [1.807, 2.05) is 43.8 Å².